The second kappa shape index (κ2) is 10.5. The average Bonchev–Trinajstić information content (AvgIpc) is 2.80. The van der Waals surface area contributed by atoms with Gasteiger partial charge in [0.05, 0.1) is 31.5 Å². The lowest BCUT2D eigenvalue weighted by atomic mass is 10.00. The molecule has 2 N–H and O–H groups in total. The zero-order valence-corrected chi connectivity index (χ0v) is 18.8. The third kappa shape index (κ3) is 5.49. The fourth-order valence-electron chi connectivity index (χ4n) is 4.10. The summed E-state index contributed by atoms with van der Waals surface area (Å²) in [7, 11) is 0. The molecule has 0 aliphatic carbocycles. The fourth-order valence-corrected chi connectivity index (χ4v) is 4.10. The molecular weight excluding hydrogens is 413 g/mol. The molecule has 2 aliphatic rings. The largest absolute Gasteiger partial charge is 0.475 e. The molecule has 2 atom stereocenters. The lowest BCUT2D eigenvalue weighted by molar-refractivity contribution is -0.165. The van der Waals surface area contributed by atoms with Gasteiger partial charge in [-0.1, -0.05) is 0 Å². The Morgan fingerprint density at radius 1 is 1.19 bits per heavy atom. The molecule has 0 spiro atoms. The maximum atomic E-state index is 13.9. The highest BCUT2D eigenvalue weighted by Gasteiger charge is 2.22. The molecule has 2 aromatic rings. The van der Waals surface area contributed by atoms with Gasteiger partial charge in [0.1, 0.15) is 18.2 Å². The second-order valence-corrected chi connectivity index (χ2v) is 8.37. The molecule has 8 heteroatoms. The molecule has 0 bridgehead atoms. The van der Waals surface area contributed by atoms with Crippen LogP contribution in [-0.4, -0.2) is 56.9 Å². The number of rotatable bonds is 7. The molecule has 32 heavy (non-hydrogen) atoms. The number of aromatic nitrogens is 1. The molecule has 0 radical (unpaired) electrons. The van der Waals surface area contributed by atoms with Gasteiger partial charge in [0.2, 0.25) is 5.88 Å². The topological polar surface area (TPSA) is 79.1 Å². The van der Waals surface area contributed by atoms with Crippen LogP contribution in [-0.2, 0) is 14.2 Å². The van der Waals surface area contributed by atoms with Gasteiger partial charge in [-0.05, 0) is 68.0 Å². The van der Waals surface area contributed by atoms with Crippen molar-refractivity contribution in [2.45, 2.75) is 45.4 Å². The number of aryl methyl sites for hydroxylation is 1. The van der Waals surface area contributed by atoms with E-state index in [2.05, 4.69) is 11.8 Å². The molecule has 1 aromatic carbocycles. The Morgan fingerprint density at radius 3 is 2.84 bits per heavy atom. The maximum Gasteiger partial charge on any atom is 0.215 e. The lowest BCUT2D eigenvalue weighted by Crippen LogP contribution is -2.44. The Balaban J connectivity index is 1.55. The summed E-state index contributed by atoms with van der Waals surface area (Å²) >= 11 is 0. The van der Waals surface area contributed by atoms with E-state index in [1.54, 1.807) is 6.07 Å². The van der Waals surface area contributed by atoms with Gasteiger partial charge in [0, 0.05) is 19.2 Å². The molecule has 2 aliphatic heterocycles. The third-order valence-electron chi connectivity index (χ3n) is 5.88. The summed E-state index contributed by atoms with van der Waals surface area (Å²) in [5, 5.41) is 0. The number of nitrogen functional groups attached to an aromatic ring is 1. The van der Waals surface area contributed by atoms with E-state index in [0.717, 1.165) is 54.9 Å². The quantitative estimate of drug-likeness (QED) is 0.511. The third-order valence-corrected chi connectivity index (χ3v) is 5.88. The molecule has 7 nitrogen and oxygen atoms in total. The van der Waals surface area contributed by atoms with Gasteiger partial charge in [-0.25, -0.2) is 4.39 Å². The molecule has 0 amide bonds. The summed E-state index contributed by atoms with van der Waals surface area (Å²) in [5.74, 6) is 0.875. The van der Waals surface area contributed by atoms with E-state index in [1.165, 1.54) is 6.07 Å². The standard InChI is InChI=1S/C24H32FN3O4/c1-16-11-20(25)21(26)14-19(16)18-12-22(28-6-8-29-15-17(28)2)27-23(13-18)30-9-10-32-24-5-3-4-7-31-24/h11-14,17,24H,3-10,15,26H2,1-2H3/t17-,24?/m1/s1. The highest BCUT2D eigenvalue weighted by molar-refractivity contribution is 5.74. The van der Waals surface area contributed by atoms with Crippen LogP contribution in [0.1, 0.15) is 31.7 Å². The predicted octanol–water partition coefficient (Wildman–Crippen LogP) is 3.93. The summed E-state index contributed by atoms with van der Waals surface area (Å²) < 4.78 is 36.8. The monoisotopic (exact) mass is 445 g/mol. The molecule has 174 valence electrons. The number of pyridine rings is 1. The van der Waals surface area contributed by atoms with E-state index in [-0.39, 0.29) is 18.0 Å². The number of hydrogen-bond acceptors (Lipinski definition) is 7. The number of morpholine rings is 1. The summed E-state index contributed by atoms with van der Waals surface area (Å²) in [5.41, 5.74) is 8.51. The van der Waals surface area contributed by atoms with Crippen LogP contribution in [0.5, 0.6) is 5.88 Å². The van der Waals surface area contributed by atoms with Crippen LogP contribution < -0.4 is 15.4 Å². The van der Waals surface area contributed by atoms with Crippen molar-refractivity contribution in [3.05, 3.63) is 35.6 Å². The minimum Gasteiger partial charge on any atom is -0.475 e. The van der Waals surface area contributed by atoms with E-state index in [0.29, 0.717) is 32.3 Å². The van der Waals surface area contributed by atoms with E-state index in [9.17, 15) is 4.39 Å². The number of ether oxygens (including phenoxy) is 4. The molecule has 2 saturated heterocycles. The Morgan fingerprint density at radius 2 is 2.06 bits per heavy atom. The van der Waals surface area contributed by atoms with Crippen LogP contribution in [0.4, 0.5) is 15.9 Å². The molecule has 0 saturated carbocycles. The first-order chi connectivity index (χ1) is 15.5. The van der Waals surface area contributed by atoms with Crippen molar-refractivity contribution in [3.8, 4) is 17.0 Å². The van der Waals surface area contributed by atoms with E-state index >= 15 is 0 Å². The Labute approximate surface area is 188 Å². The van der Waals surface area contributed by atoms with Crippen molar-refractivity contribution >= 4 is 11.5 Å². The van der Waals surface area contributed by atoms with Crippen LogP contribution in [0.15, 0.2) is 24.3 Å². The van der Waals surface area contributed by atoms with Crippen molar-refractivity contribution < 1.29 is 23.3 Å². The molecule has 4 rings (SSSR count). The molecule has 3 heterocycles. The Bertz CT molecular complexity index is 920. The molecule has 2 fully saturated rings. The van der Waals surface area contributed by atoms with Gasteiger partial charge in [-0.3, -0.25) is 0 Å². The van der Waals surface area contributed by atoms with Crippen LogP contribution in [0, 0.1) is 12.7 Å². The number of nitrogens with two attached hydrogens (primary N) is 1. The van der Waals surface area contributed by atoms with E-state index in [1.807, 2.05) is 19.1 Å². The molecule has 1 unspecified atom stereocenters. The Hall–Kier alpha value is -2.42. The highest BCUT2D eigenvalue weighted by atomic mass is 19.1. The fraction of sp³-hybridized carbons (Fsp3) is 0.542. The number of nitrogens with zero attached hydrogens (tertiary/aromatic N) is 2. The number of halogens is 1. The van der Waals surface area contributed by atoms with Gasteiger partial charge in [0.15, 0.2) is 6.29 Å². The number of hydrogen-bond donors (Lipinski definition) is 1. The summed E-state index contributed by atoms with van der Waals surface area (Å²) in [6, 6.07) is 7.18. The molecule has 1 aromatic heterocycles. The minimum atomic E-state index is -0.416. The highest BCUT2D eigenvalue weighted by Crippen LogP contribution is 2.33. The van der Waals surface area contributed by atoms with Crippen LogP contribution in [0.2, 0.25) is 0 Å². The van der Waals surface area contributed by atoms with Crippen molar-refractivity contribution in [2.24, 2.45) is 0 Å². The van der Waals surface area contributed by atoms with Crippen LogP contribution in [0.3, 0.4) is 0 Å². The summed E-state index contributed by atoms with van der Waals surface area (Å²) in [4.78, 5) is 6.95. The number of benzene rings is 1. The molecular formula is C24H32FN3O4. The van der Waals surface area contributed by atoms with Crippen molar-refractivity contribution in [1.29, 1.82) is 0 Å². The van der Waals surface area contributed by atoms with Gasteiger partial charge >= 0.3 is 0 Å². The van der Waals surface area contributed by atoms with E-state index in [4.69, 9.17) is 29.7 Å². The zero-order chi connectivity index (χ0) is 22.5. The second-order valence-electron chi connectivity index (χ2n) is 8.37. The zero-order valence-electron chi connectivity index (χ0n) is 18.8. The Kier molecular flexibility index (Phi) is 7.44. The minimum absolute atomic E-state index is 0.118. The van der Waals surface area contributed by atoms with Crippen LogP contribution in [0.25, 0.3) is 11.1 Å². The van der Waals surface area contributed by atoms with Gasteiger partial charge in [-0.2, -0.15) is 4.98 Å². The van der Waals surface area contributed by atoms with E-state index < -0.39 is 5.82 Å². The SMILES string of the molecule is Cc1cc(F)c(N)cc1-c1cc(OCCOC2CCCCO2)nc(N2CCOC[C@H]2C)c1. The van der Waals surface area contributed by atoms with Gasteiger partial charge < -0.3 is 29.6 Å². The smallest absolute Gasteiger partial charge is 0.215 e. The maximum absolute atomic E-state index is 13.9. The average molecular weight is 446 g/mol. The lowest BCUT2D eigenvalue weighted by Gasteiger charge is -2.34. The summed E-state index contributed by atoms with van der Waals surface area (Å²) in [6.45, 7) is 7.52. The van der Waals surface area contributed by atoms with Crippen molar-refractivity contribution in [1.82, 2.24) is 4.98 Å². The van der Waals surface area contributed by atoms with Gasteiger partial charge in [0.25, 0.3) is 0 Å². The van der Waals surface area contributed by atoms with Crippen molar-refractivity contribution in [3.63, 3.8) is 0 Å². The predicted molar refractivity (Wildman–Crippen MR) is 121 cm³/mol. The normalized spacial score (nSPS) is 21.5. The first-order valence-corrected chi connectivity index (χ1v) is 11.3. The van der Waals surface area contributed by atoms with Crippen molar-refractivity contribution in [2.75, 3.05) is 50.2 Å². The first kappa shape index (κ1) is 22.8. The summed E-state index contributed by atoms with van der Waals surface area (Å²) in [6.07, 6.45) is 2.97. The van der Waals surface area contributed by atoms with Crippen LogP contribution >= 0.6 is 0 Å². The van der Waals surface area contributed by atoms with Gasteiger partial charge in [-0.15, -0.1) is 0 Å². The first-order valence-electron chi connectivity index (χ1n) is 11.3. The number of anilines is 2.